The van der Waals surface area contributed by atoms with Gasteiger partial charge in [0.25, 0.3) is 5.91 Å². The second-order valence-corrected chi connectivity index (χ2v) is 6.18. The first kappa shape index (κ1) is 21.9. The van der Waals surface area contributed by atoms with Gasteiger partial charge in [-0.2, -0.15) is 13.2 Å². The summed E-state index contributed by atoms with van der Waals surface area (Å²) in [6.45, 7) is 2.21. The Hall–Kier alpha value is -2.16. The molecule has 26 heavy (non-hydrogen) atoms. The maximum Gasteiger partial charge on any atom is 0.405 e. The summed E-state index contributed by atoms with van der Waals surface area (Å²) >= 11 is 6.11. The summed E-state index contributed by atoms with van der Waals surface area (Å²) in [4.78, 5) is 23.4. The molecule has 1 aromatic carbocycles. The maximum atomic E-state index is 12.1. The number of ether oxygens (including phenoxy) is 2. The van der Waals surface area contributed by atoms with E-state index >= 15 is 0 Å². The minimum Gasteiger partial charge on any atom is -0.493 e. The van der Waals surface area contributed by atoms with E-state index in [0.717, 1.165) is 0 Å². The maximum absolute atomic E-state index is 12.1. The monoisotopic (exact) mass is 396 g/mol. The van der Waals surface area contributed by atoms with Crippen LogP contribution in [0.2, 0.25) is 5.02 Å². The Morgan fingerprint density at radius 1 is 1.23 bits per heavy atom. The second kappa shape index (κ2) is 9.51. The van der Waals surface area contributed by atoms with E-state index in [2.05, 4.69) is 5.32 Å². The normalized spacial score (nSPS) is 11.2. The van der Waals surface area contributed by atoms with Gasteiger partial charge in [-0.25, -0.2) is 0 Å². The van der Waals surface area contributed by atoms with Crippen LogP contribution in [0.25, 0.3) is 0 Å². The van der Waals surface area contributed by atoms with E-state index in [1.165, 1.54) is 19.2 Å². The van der Waals surface area contributed by atoms with Crippen LogP contribution in [0.4, 0.5) is 13.2 Å². The van der Waals surface area contributed by atoms with Gasteiger partial charge in [-0.15, -0.1) is 0 Å². The molecule has 1 rings (SSSR count). The molecule has 0 aliphatic heterocycles. The van der Waals surface area contributed by atoms with E-state index in [9.17, 15) is 22.8 Å². The highest BCUT2D eigenvalue weighted by atomic mass is 35.5. The van der Waals surface area contributed by atoms with E-state index in [1.54, 1.807) is 5.32 Å². The van der Waals surface area contributed by atoms with Gasteiger partial charge >= 0.3 is 6.18 Å². The molecule has 146 valence electrons. The first-order chi connectivity index (χ1) is 12.0. The fraction of sp³-hybridized carbons (Fsp3) is 0.500. The van der Waals surface area contributed by atoms with Gasteiger partial charge in [0.2, 0.25) is 5.91 Å². The number of methoxy groups -OCH3 is 1. The molecule has 0 spiro atoms. The average molecular weight is 397 g/mol. The molecular formula is C16H20ClF3N2O4. The number of benzene rings is 1. The number of carbonyl (C=O) groups is 2. The van der Waals surface area contributed by atoms with E-state index in [0.29, 0.717) is 6.61 Å². The standard InChI is InChI=1S/C16H20ClF3N2O4/c1-9(2)7-26-14-11(17)4-10(5-12(14)25-3)15(24)21-6-13(23)22-8-16(18,19)20/h4-5,9H,6-8H2,1-3H3,(H,21,24)(H,22,23). The Morgan fingerprint density at radius 3 is 2.42 bits per heavy atom. The van der Waals surface area contributed by atoms with Crippen LogP contribution in [0.1, 0.15) is 24.2 Å². The predicted octanol–water partition coefficient (Wildman–Crippen LogP) is 2.79. The lowest BCUT2D eigenvalue weighted by Crippen LogP contribution is -2.40. The van der Waals surface area contributed by atoms with Crippen molar-refractivity contribution in [3.8, 4) is 11.5 Å². The number of amides is 2. The van der Waals surface area contributed by atoms with Crippen molar-refractivity contribution < 1.29 is 32.2 Å². The van der Waals surface area contributed by atoms with Crippen molar-refractivity contribution >= 4 is 23.4 Å². The van der Waals surface area contributed by atoms with Crippen molar-refractivity contribution in [1.82, 2.24) is 10.6 Å². The third kappa shape index (κ3) is 7.38. The van der Waals surface area contributed by atoms with Gasteiger partial charge in [0, 0.05) is 5.56 Å². The number of halogens is 4. The van der Waals surface area contributed by atoms with Crippen LogP contribution < -0.4 is 20.1 Å². The van der Waals surface area contributed by atoms with E-state index in [4.69, 9.17) is 21.1 Å². The predicted molar refractivity (Wildman–Crippen MR) is 89.7 cm³/mol. The Kier molecular flexibility index (Phi) is 8.01. The van der Waals surface area contributed by atoms with Crippen LogP contribution in [0.5, 0.6) is 11.5 Å². The van der Waals surface area contributed by atoms with Gasteiger partial charge in [0.05, 0.1) is 25.3 Å². The number of alkyl halides is 3. The highest BCUT2D eigenvalue weighted by Gasteiger charge is 2.27. The van der Waals surface area contributed by atoms with Crippen LogP contribution in [0.15, 0.2) is 12.1 Å². The molecule has 1 aromatic rings. The van der Waals surface area contributed by atoms with Gasteiger partial charge in [-0.05, 0) is 18.1 Å². The summed E-state index contributed by atoms with van der Waals surface area (Å²) in [7, 11) is 1.38. The molecule has 0 saturated heterocycles. The quantitative estimate of drug-likeness (QED) is 0.708. The number of carbonyl (C=O) groups excluding carboxylic acids is 2. The van der Waals surface area contributed by atoms with E-state index in [-0.39, 0.29) is 28.0 Å². The molecule has 6 nitrogen and oxygen atoms in total. The molecule has 0 heterocycles. The Balaban J connectivity index is 2.74. The molecule has 0 aliphatic rings. The molecule has 0 atom stereocenters. The van der Waals surface area contributed by atoms with Crippen molar-refractivity contribution in [1.29, 1.82) is 0 Å². The van der Waals surface area contributed by atoms with Gasteiger partial charge in [0.15, 0.2) is 11.5 Å². The number of rotatable bonds is 8. The van der Waals surface area contributed by atoms with Crippen LogP contribution in [0.3, 0.4) is 0 Å². The fourth-order valence-electron chi connectivity index (χ4n) is 1.76. The molecule has 0 aromatic heterocycles. The summed E-state index contributed by atoms with van der Waals surface area (Å²) in [5.74, 6) is -0.908. The van der Waals surface area contributed by atoms with Crippen molar-refractivity contribution in [3.05, 3.63) is 22.7 Å². The third-order valence-electron chi connectivity index (χ3n) is 2.95. The molecule has 0 bridgehead atoms. The molecule has 2 N–H and O–H groups in total. The van der Waals surface area contributed by atoms with Crippen molar-refractivity contribution in [2.75, 3.05) is 26.8 Å². The van der Waals surface area contributed by atoms with E-state index in [1.807, 2.05) is 13.8 Å². The summed E-state index contributed by atoms with van der Waals surface area (Å²) < 4.78 is 46.8. The lowest BCUT2D eigenvalue weighted by Gasteiger charge is -2.15. The minimum atomic E-state index is -4.52. The van der Waals surface area contributed by atoms with Crippen molar-refractivity contribution in [2.24, 2.45) is 5.92 Å². The minimum absolute atomic E-state index is 0.0763. The highest BCUT2D eigenvalue weighted by molar-refractivity contribution is 6.32. The number of nitrogens with one attached hydrogen (secondary N) is 2. The zero-order valence-corrected chi connectivity index (χ0v) is 15.3. The van der Waals surface area contributed by atoms with Gasteiger partial charge in [-0.1, -0.05) is 25.4 Å². The largest absolute Gasteiger partial charge is 0.493 e. The topological polar surface area (TPSA) is 76.7 Å². The van der Waals surface area contributed by atoms with Crippen molar-refractivity contribution in [3.63, 3.8) is 0 Å². The molecule has 0 fully saturated rings. The van der Waals surface area contributed by atoms with Crippen LogP contribution in [-0.4, -0.2) is 44.8 Å². The number of hydrogen-bond donors (Lipinski definition) is 2. The summed E-state index contributed by atoms with van der Waals surface area (Å²) in [6.07, 6.45) is -4.52. The fourth-order valence-corrected chi connectivity index (χ4v) is 2.03. The summed E-state index contributed by atoms with van der Waals surface area (Å²) in [5, 5.41) is 4.00. The zero-order valence-electron chi connectivity index (χ0n) is 14.5. The van der Waals surface area contributed by atoms with E-state index < -0.39 is 31.1 Å². The van der Waals surface area contributed by atoms with Crippen LogP contribution >= 0.6 is 11.6 Å². The Labute approximate surface area is 154 Å². The lowest BCUT2D eigenvalue weighted by molar-refractivity contribution is -0.137. The van der Waals surface area contributed by atoms with Crippen LogP contribution in [0, 0.1) is 5.92 Å². The Morgan fingerprint density at radius 2 is 1.88 bits per heavy atom. The SMILES string of the molecule is COc1cc(C(=O)NCC(=O)NCC(F)(F)F)cc(Cl)c1OCC(C)C. The molecule has 0 radical (unpaired) electrons. The first-order valence-corrected chi connectivity index (χ1v) is 8.03. The first-order valence-electron chi connectivity index (χ1n) is 7.65. The molecule has 0 saturated carbocycles. The lowest BCUT2D eigenvalue weighted by atomic mass is 10.1. The van der Waals surface area contributed by atoms with Gasteiger partial charge in [-0.3, -0.25) is 9.59 Å². The summed E-state index contributed by atoms with van der Waals surface area (Å²) in [6, 6.07) is 2.69. The van der Waals surface area contributed by atoms with Crippen molar-refractivity contribution in [2.45, 2.75) is 20.0 Å². The smallest absolute Gasteiger partial charge is 0.405 e. The van der Waals surface area contributed by atoms with Crippen LogP contribution in [-0.2, 0) is 4.79 Å². The molecule has 10 heteroatoms. The molecule has 2 amide bonds. The van der Waals surface area contributed by atoms with Gasteiger partial charge in [0.1, 0.15) is 6.54 Å². The second-order valence-electron chi connectivity index (χ2n) is 5.77. The molecule has 0 unspecified atom stereocenters. The average Bonchev–Trinajstić information content (AvgIpc) is 2.55. The number of hydrogen-bond acceptors (Lipinski definition) is 4. The zero-order chi connectivity index (χ0) is 19.9. The third-order valence-corrected chi connectivity index (χ3v) is 3.23. The highest BCUT2D eigenvalue weighted by Crippen LogP contribution is 2.36. The molecule has 0 aliphatic carbocycles. The summed E-state index contributed by atoms with van der Waals surface area (Å²) in [5.41, 5.74) is 0.0763. The Bertz CT molecular complexity index is 651. The molecular weight excluding hydrogens is 377 g/mol. The van der Waals surface area contributed by atoms with Gasteiger partial charge < -0.3 is 20.1 Å².